The van der Waals surface area contributed by atoms with Crippen molar-refractivity contribution in [3.63, 3.8) is 0 Å². The lowest BCUT2D eigenvalue weighted by Crippen LogP contribution is -2.45. The molecule has 0 aliphatic carbocycles. The summed E-state index contributed by atoms with van der Waals surface area (Å²) in [7, 11) is 0. The van der Waals surface area contributed by atoms with Crippen LogP contribution < -0.4 is 11.1 Å². The van der Waals surface area contributed by atoms with Crippen molar-refractivity contribution in [1.29, 1.82) is 0 Å². The van der Waals surface area contributed by atoms with E-state index in [1.165, 1.54) is 6.07 Å². The number of likely N-dealkylation sites (tertiary alicyclic amines) is 1. The van der Waals surface area contributed by atoms with Gasteiger partial charge in [0.05, 0.1) is 12.5 Å². The second kappa shape index (κ2) is 7.89. The Labute approximate surface area is 129 Å². The molecule has 1 aliphatic rings. The zero-order valence-electron chi connectivity index (χ0n) is 12.6. The molecule has 120 valence electrons. The number of rotatable bonds is 6. The molecule has 0 aromatic heterocycles. The molecule has 0 saturated carbocycles. The van der Waals surface area contributed by atoms with Crippen LogP contribution in [0, 0.1) is 11.7 Å². The first-order valence-corrected chi connectivity index (χ1v) is 7.58. The summed E-state index contributed by atoms with van der Waals surface area (Å²) in [4.78, 5) is 25.0. The van der Waals surface area contributed by atoms with Crippen LogP contribution in [-0.4, -0.2) is 42.9 Å². The monoisotopic (exact) mass is 307 g/mol. The number of primary amides is 1. The van der Waals surface area contributed by atoms with Crippen LogP contribution in [0.15, 0.2) is 24.3 Å². The molecule has 5 nitrogen and oxygen atoms in total. The van der Waals surface area contributed by atoms with Gasteiger partial charge in [0.1, 0.15) is 5.82 Å². The highest BCUT2D eigenvalue weighted by Crippen LogP contribution is 2.15. The molecule has 0 radical (unpaired) electrons. The zero-order chi connectivity index (χ0) is 15.9. The van der Waals surface area contributed by atoms with Crippen molar-refractivity contribution in [2.45, 2.75) is 19.3 Å². The number of nitrogens with one attached hydrogen (secondary N) is 1. The second-order valence-corrected chi connectivity index (χ2v) is 5.67. The van der Waals surface area contributed by atoms with Crippen molar-refractivity contribution in [2.24, 2.45) is 11.7 Å². The molecule has 0 unspecified atom stereocenters. The summed E-state index contributed by atoms with van der Waals surface area (Å²) in [6.07, 6.45) is 2.12. The number of amides is 2. The van der Waals surface area contributed by atoms with Gasteiger partial charge in [-0.25, -0.2) is 4.39 Å². The topological polar surface area (TPSA) is 75.4 Å². The van der Waals surface area contributed by atoms with E-state index in [0.717, 1.165) is 19.4 Å². The molecule has 1 fully saturated rings. The Morgan fingerprint density at radius 1 is 1.36 bits per heavy atom. The molecule has 22 heavy (non-hydrogen) atoms. The SMILES string of the molecule is NC(=O)[C@H]1CCCN(CC(=O)NCCc2ccccc2F)C1. The Balaban J connectivity index is 1.72. The fourth-order valence-corrected chi connectivity index (χ4v) is 2.73. The quantitative estimate of drug-likeness (QED) is 0.811. The van der Waals surface area contributed by atoms with Gasteiger partial charge in [-0.2, -0.15) is 0 Å². The minimum Gasteiger partial charge on any atom is -0.369 e. The van der Waals surface area contributed by atoms with E-state index in [1.807, 2.05) is 4.90 Å². The number of benzene rings is 1. The Kier molecular flexibility index (Phi) is 5.89. The third-order valence-corrected chi connectivity index (χ3v) is 3.95. The molecule has 1 aromatic carbocycles. The third-order valence-electron chi connectivity index (χ3n) is 3.95. The fourth-order valence-electron chi connectivity index (χ4n) is 2.73. The first-order valence-electron chi connectivity index (χ1n) is 7.58. The maximum atomic E-state index is 13.4. The molecule has 1 heterocycles. The third kappa shape index (κ3) is 4.80. The minimum absolute atomic E-state index is 0.110. The lowest BCUT2D eigenvalue weighted by atomic mass is 9.97. The fraction of sp³-hybridized carbons (Fsp3) is 0.500. The van der Waals surface area contributed by atoms with Crippen molar-refractivity contribution < 1.29 is 14.0 Å². The number of piperidine rings is 1. The average Bonchev–Trinajstić information content (AvgIpc) is 2.49. The normalized spacial score (nSPS) is 18.9. The smallest absolute Gasteiger partial charge is 0.234 e. The maximum Gasteiger partial charge on any atom is 0.234 e. The average molecular weight is 307 g/mol. The first kappa shape index (κ1) is 16.4. The van der Waals surface area contributed by atoms with Gasteiger partial charge in [0.2, 0.25) is 11.8 Å². The number of nitrogens with zero attached hydrogens (tertiary/aromatic N) is 1. The number of hydrogen-bond acceptors (Lipinski definition) is 3. The summed E-state index contributed by atoms with van der Waals surface area (Å²) in [6, 6.07) is 6.54. The van der Waals surface area contributed by atoms with E-state index in [-0.39, 0.29) is 30.1 Å². The maximum absolute atomic E-state index is 13.4. The van der Waals surface area contributed by atoms with Crippen LogP contribution in [0.25, 0.3) is 0 Å². The van der Waals surface area contributed by atoms with Crippen molar-refractivity contribution in [1.82, 2.24) is 10.2 Å². The van der Waals surface area contributed by atoms with E-state index in [4.69, 9.17) is 5.73 Å². The molecule has 2 amide bonds. The molecule has 6 heteroatoms. The second-order valence-electron chi connectivity index (χ2n) is 5.67. The predicted octanol–water partition coefficient (Wildman–Crippen LogP) is 0.682. The summed E-state index contributed by atoms with van der Waals surface area (Å²) < 4.78 is 13.4. The molecule has 1 aliphatic heterocycles. The number of nitrogens with two attached hydrogens (primary N) is 1. The molecule has 3 N–H and O–H groups in total. The van der Waals surface area contributed by atoms with Crippen LogP contribution in [-0.2, 0) is 16.0 Å². The summed E-state index contributed by atoms with van der Waals surface area (Å²) in [5.74, 6) is -0.830. The van der Waals surface area contributed by atoms with Crippen molar-refractivity contribution in [3.8, 4) is 0 Å². The van der Waals surface area contributed by atoms with Crippen molar-refractivity contribution in [2.75, 3.05) is 26.2 Å². The Morgan fingerprint density at radius 3 is 2.86 bits per heavy atom. The van der Waals surface area contributed by atoms with E-state index in [9.17, 15) is 14.0 Å². The van der Waals surface area contributed by atoms with Gasteiger partial charge in [-0.1, -0.05) is 18.2 Å². The largest absolute Gasteiger partial charge is 0.369 e. The zero-order valence-corrected chi connectivity index (χ0v) is 12.6. The van der Waals surface area contributed by atoms with Crippen LogP contribution in [0.1, 0.15) is 18.4 Å². The van der Waals surface area contributed by atoms with Gasteiger partial charge in [-0.05, 0) is 37.4 Å². The molecule has 1 aromatic rings. The van der Waals surface area contributed by atoms with Crippen molar-refractivity contribution in [3.05, 3.63) is 35.6 Å². The highest BCUT2D eigenvalue weighted by molar-refractivity contribution is 5.79. The van der Waals surface area contributed by atoms with E-state index in [0.29, 0.717) is 25.1 Å². The van der Waals surface area contributed by atoms with Gasteiger partial charge in [0.15, 0.2) is 0 Å². The van der Waals surface area contributed by atoms with Crippen LogP contribution in [0.3, 0.4) is 0 Å². The van der Waals surface area contributed by atoms with Gasteiger partial charge in [0, 0.05) is 13.1 Å². The van der Waals surface area contributed by atoms with Gasteiger partial charge < -0.3 is 11.1 Å². The molecule has 1 saturated heterocycles. The molecular formula is C16H22FN3O2. The van der Waals surface area contributed by atoms with Crippen LogP contribution in [0.5, 0.6) is 0 Å². The van der Waals surface area contributed by atoms with Crippen LogP contribution >= 0.6 is 0 Å². The lowest BCUT2D eigenvalue weighted by Gasteiger charge is -2.30. The number of hydrogen-bond donors (Lipinski definition) is 2. The Morgan fingerprint density at radius 2 is 2.14 bits per heavy atom. The number of carbonyl (C=O) groups is 2. The molecule has 0 spiro atoms. The van der Waals surface area contributed by atoms with Crippen LogP contribution in [0.4, 0.5) is 4.39 Å². The Bertz CT molecular complexity index is 536. The highest BCUT2D eigenvalue weighted by atomic mass is 19.1. The Hall–Kier alpha value is -1.95. The first-order chi connectivity index (χ1) is 10.6. The number of carbonyl (C=O) groups excluding carboxylic acids is 2. The predicted molar refractivity (Wildman–Crippen MR) is 81.5 cm³/mol. The lowest BCUT2D eigenvalue weighted by molar-refractivity contribution is -0.126. The van der Waals surface area contributed by atoms with E-state index < -0.39 is 0 Å². The molecule has 2 rings (SSSR count). The van der Waals surface area contributed by atoms with Gasteiger partial charge in [0.25, 0.3) is 0 Å². The van der Waals surface area contributed by atoms with Crippen molar-refractivity contribution >= 4 is 11.8 Å². The van der Waals surface area contributed by atoms with E-state index in [2.05, 4.69) is 5.32 Å². The number of halogens is 1. The highest BCUT2D eigenvalue weighted by Gasteiger charge is 2.24. The molecule has 1 atom stereocenters. The van der Waals surface area contributed by atoms with E-state index in [1.54, 1.807) is 18.2 Å². The summed E-state index contributed by atoms with van der Waals surface area (Å²) in [5.41, 5.74) is 5.91. The molecule has 0 bridgehead atoms. The minimum atomic E-state index is -0.301. The standard InChI is InChI=1S/C16H22FN3O2/c17-14-6-2-1-4-12(14)7-8-19-15(21)11-20-9-3-5-13(10-20)16(18)22/h1-2,4,6,13H,3,5,7-11H2,(H2,18,22)(H,19,21)/t13-/m0/s1. The van der Waals surface area contributed by atoms with E-state index >= 15 is 0 Å². The van der Waals surface area contributed by atoms with Gasteiger partial charge in [-0.3, -0.25) is 14.5 Å². The summed E-state index contributed by atoms with van der Waals surface area (Å²) >= 11 is 0. The summed E-state index contributed by atoms with van der Waals surface area (Å²) in [6.45, 7) is 1.98. The van der Waals surface area contributed by atoms with Gasteiger partial charge >= 0.3 is 0 Å². The summed E-state index contributed by atoms with van der Waals surface area (Å²) in [5, 5.41) is 2.79. The van der Waals surface area contributed by atoms with Crippen LogP contribution in [0.2, 0.25) is 0 Å². The molecular weight excluding hydrogens is 285 g/mol. The van der Waals surface area contributed by atoms with Gasteiger partial charge in [-0.15, -0.1) is 0 Å².